The quantitative estimate of drug-likeness (QED) is 0.185. The summed E-state index contributed by atoms with van der Waals surface area (Å²) in [4.78, 5) is 21.8. The minimum Gasteiger partial charge on any atom is -0.371 e. The SMILES string of the molecule is Cc1cc(Nc2ccc3nc(-c4ccc(Nc5cc(C)nc6ccc(C7=C(F)CO[C@@H](C)C7)cc56)cn4)[nH]c3c2)ccn1. The summed E-state index contributed by atoms with van der Waals surface area (Å²) in [7, 11) is 0. The zero-order chi connectivity index (χ0) is 29.5. The van der Waals surface area contributed by atoms with Gasteiger partial charge in [0.1, 0.15) is 11.5 Å². The molecule has 1 atom stereocenters. The molecule has 0 saturated heterocycles. The Bertz CT molecular complexity index is 2020. The molecule has 0 unspecified atom stereocenters. The summed E-state index contributed by atoms with van der Waals surface area (Å²) in [5, 5.41) is 7.83. The molecule has 43 heavy (non-hydrogen) atoms. The van der Waals surface area contributed by atoms with E-state index in [0.29, 0.717) is 17.8 Å². The van der Waals surface area contributed by atoms with Crippen molar-refractivity contribution in [2.75, 3.05) is 17.2 Å². The molecule has 2 aromatic carbocycles. The Hall–Kier alpha value is -5.15. The monoisotopic (exact) mass is 571 g/mol. The second kappa shape index (κ2) is 10.9. The molecule has 0 fully saturated rings. The van der Waals surface area contributed by atoms with Crippen LogP contribution in [0, 0.1) is 13.8 Å². The second-order valence-electron chi connectivity index (χ2n) is 10.9. The van der Waals surface area contributed by atoms with Crippen LogP contribution in [0.15, 0.2) is 85.0 Å². The van der Waals surface area contributed by atoms with Crippen LogP contribution in [0.5, 0.6) is 0 Å². The zero-order valence-corrected chi connectivity index (χ0v) is 24.1. The lowest BCUT2D eigenvalue weighted by Crippen LogP contribution is -2.17. The molecule has 0 spiro atoms. The number of halogens is 1. The van der Waals surface area contributed by atoms with E-state index in [-0.39, 0.29) is 18.5 Å². The van der Waals surface area contributed by atoms with Crippen molar-refractivity contribution in [2.45, 2.75) is 33.3 Å². The fraction of sp³-hybridized carbons (Fsp3) is 0.176. The number of ether oxygens (including phenoxy) is 1. The van der Waals surface area contributed by atoms with Gasteiger partial charge in [0.15, 0.2) is 5.82 Å². The Labute approximate surface area is 248 Å². The highest BCUT2D eigenvalue weighted by Crippen LogP contribution is 2.34. The average Bonchev–Trinajstić information content (AvgIpc) is 3.42. The molecule has 9 heteroatoms. The minimum absolute atomic E-state index is 0.0123. The highest BCUT2D eigenvalue weighted by atomic mass is 19.1. The number of fused-ring (bicyclic) bond motifs is 2. The van der Waals surface area contributed by atoms with Gasteiger partial charge in [-0.2, -0.15) is 0 Å². The van der Waals surface area contributed by atoms with Gasteiger partial charge in [-0.25, -0.2) is 9.37 Å². The molecule has 0 saturated carbocycles. The number of pyridine rings is 3. The van der Waals surface area contributed by atoms with Crippen LogP contribution in [0.2, 0.25) is 0 Å². The number of aryl methyl sites for hydroxylation is 2. The van der Waals surface area contributed by atoms with Crippen molar-refractivity contribution in [3.63, 3.8) is 0 Å². The summed E-state index contributed by atoms with van der Waals surface area (Å²) >= 11 is 0. The Morgan fingerprint density at radius 1 is 0.837 bits per heavy atom. The van der Waals surface area contributed by atoms with E-state index in [1.807, 2.05) is 87.5 Å². The number of benzene rings is 2. The van der Waals surface area contributed by atoms with E-state index in [0.717, 1.165) is 67.3 Å². The molecular formula is C34H30FN7O. The largest absolute Gasteiger partial charge is 0.371 e. The molecule has 1 aliphatic heterocycles. The van der Waals surface area contributed by atoms with Crippen molar-refractivity contribution in [1.82, 2.24) is 24.9 Å². The van der Waals surface area contributed by atoms with Gasteiger partial charge in [-0.15, -0.1) is 0 Å². The van der Waals surface area contributed by atoms with Crippen LogP contribution in [-0.4, -0.2) is 37.6 Å². The van der Waals surface area contributed by atoms with Crippen LogP contribution in [0.25, 0.3) is 39.0 Å². The number of hydrogen-bond donors (Lipinski definition) is 3. The van der Waals surface area contributed by atoms with Gasteiger partial charge < -0.3 is 20.4 Å². The third-order valence-corrected chi connectivity index (χ3v) is 7.55. The summed E-state index contributed by atoms with van der Waals surface area (Å²) in [6, 6.07) is 21.8. The molecule has 0 bridgehead atoms. The number of nitrogens with one attached hydrogen (secondary N) is 3. The summed E-state index contributed by atoms with van der Waals surface area (Å²) in [5.74, 6) is 0.475. The van der Waals surface area contributed by atoms with Crippen molar-refractivity contribution in [3.05, 3.63) is 102 Å². The molecule has 0 radical (unpaired) electrons. The first-order chi connectivity index (χ1) is 20.9. The number of nitrogens with zero attached hydrogens (tertiary/aromatic N) is 4. The van der Waals surface area contributed by atoms with Crippen LogP contribution in [0.1, 0.15) is 30.3 Å². The maximum absolute atomic E-state index is 14.7. The highest BCUT2D eigenvalue weighted by Gasteiger charge is 2.20. The lowest BCUT2D eigenvalue weighted by atomic mass is 9.96. The van der Waals surface area contributed by atoms with Crippen LogP contribution >= 0.6 is 0 Å². The first kappa shape index (κ1) is 26.7. The Morgan fingerprint density at radius 3 is 2.51 bits per heavy atom. The molecule has 6 aromatic rings. The van der Waals surface area contributed by atoms with Gasteiger partial charge in [0.05, 0.1) is 41.1 Å². The number of imidazole rings is 1. The number of anilines is 4. The molecule has 4 aromatic heterocycles. The van der Waals surface area contributed by atoms with E-state index in [1.54, 1.807) is 12.4 Å². The van der Waals surface area contributed by atoms with E-state index in [2.05, 4.69) is 25.6 Å². The summed E-state index contributed by atoms with van der Waals surface area (Å²) in [6.45, 7) is 5.91. The van der Waals surface area contributed by atoms with Crippen molar-refractivity contribution < 1.29 is 9.13 Å². The van der Waals surface area contributed by atoms with Crippen molar-refractivity contribution in [1.29, 1.82) is 0 Å². The maximum Gasteiger partial charge on any atom is 0.157 e. The van der Waals surface area contributed by atoms with Gasteiger partial charge >= 0.3 is 0 Å². The van der Waals surface area contributed by atoms with Gasteiger partial charge in [0.2, 0.25) is 0 Å². The number of aromatic amines is 1. The lowest BCUT2D eigenvalue weighted by Gasteiger charge is -2.22. The molecule has 5 heterocycles. The smallest absolute Gasteiger partial charge is 0.157 e. The van der Waals surface area contributed by atoms with Gasteiger partial charge in [-0.1, -0.05) is 6.07 Å². The molecule has 7 rings (SSSR count). The molecule has 0 amide bonds. The topological polar surface area (TPSA) is 101 Å². The molecule has 0 aliphatic carbocycles. The van der Waals surface area contributed by atoms with E-state index in [9.17, 15) is 4.39 Å². The summed E-state index contributed by atoms with van der Waals surface area (Å²) < 4.78 is 20.1. The highest BCUT2D eigenvalue weighted by molar-refractivity contribution is 5.95. The van der Waals surface area contributed by atoms with E-state index in [4.69, 9.17) is 14.7 Å². The van der Waals surface area contributed by atoms with E-state index < -0.39 is 0 Å². The van der Waals surface area contributed by atoms with Crippen LogP contribution in [0.3, 0.4) is 0 Å². The molecular weight excluding hydrogens is 541 g/mol. The predicted octanol–water partition coefficient (Wildman–Crippen LogP) is 8.16. The number of hydrogen-bond acceptors (Lipinski definition) is 7. The Balaban J connectivity index is 1.14. The van der Waals surface area contributed by atoms with Crippen molar-refractivity contribution >= 4 is 50.3 Å². The number of aromatic nitrogens is 5. The van der Waals surface area contributed by atoms with Crippen LogP contribution < -0.4 is 10.6 Å². The summed E-state index contributed by atoms with van der Waals surface area (Å²) in [5.41, 5.74) is 10.4. The number of rotatable bonds is 6. The predicted molar refractivity (Wildman–Crippen MR) is 169 cm³/mol. The normalized spacial score (nSPS) is 15.3. The number of H-pyrrole nitrogens is 1. The minimum atomic E-state index is -0.214. The van der Waals surface area contributed by atoms with Crippen molar-refractivity contribution in [2.24, 2.45) is 0 Å². The van der Waals surface area contributed by atoms with Gasteiger partial charge in [-0.3, -0.25) is 15.0 Å². The lowest BCUT2D eigenvalue weighted by molar-refractivity contribution is 0.0675. The third kappa shape index (κ3) is 5.54. The average molecular weight is 572 g/mol. The maximum atomic E-state index is 14.7. The molecule has 214 valence electrons. The molecule has 1 aliphatic rings. The van der Waals surface area contributed by atoms with E-state index in [1.165, 1.54) is 0 Å². The van der Waals surface area contributed by atoms with E-state index >= 15 is 0 Å². The second-order valence-corrected chi connectivity index (χ2v) is 10.9. The zero-order valence-electron chi connectivity index (χ0n) is 24.1. The molecule has 8 nitrogen and oxygen atoms in total. The van der Waals surface area contributed by atoms with Gasteiger partial charge in [-0.05, 0) is 92.6 Å². The van der Waals surface area contributed by atoms with Crippen molar-refractivity contribution in [3.8, 4) is 11.5 Å². The first-order valence-electron chi connectivity index (χ1n) is 14.2. The third-order valence-electron chi connectivity index (χ3n) is 7.55. The van der Waals surface area contributed by atoms with Crippen LogP contribution in [0.4, 0.5) is 27.1 Å². The Kier molecular flexibility index (Phi) is 6.79. The standard InChI is InChI=1S/C34H30FN7O/c1-19-12-24(10-11-36-19)39-23-5-8-30-33(16-23)42-34(41-30)31-9-6-25(17-37-31)40-32-13-20(2)38-29-7-4-22(15-27(29)32)26-14-21(3)43-18-28(26)35/h4-13,15-17,21H,14,18H2,1-3H3,(H,36,39)(H,38,40)(H,41,42)/t21-/m0/s1. The Morgan fingerprint density at radius 2 is 1.67 bits per heavy atom. The fourth-order valence-electron chi connectivity index (χ4n) is 5.45. The first-order valence-corrected chi connectivity index (χ1v) is 14.2. The van der Waals surface area contributed by atoms with Crippen LogP contribution in [-0.2, 0) is 4.74 Å². The summed E-state index contributed by atoms with van der Waals surface area (Å²) in [6.07, 6.45) is 4.09. The van der Waals surface area contributed by atoms with Gasteiger partial charge in [0, 0.05) is 46.5 Å². The molecule has 3 N–H and O–H groups in total. The van der Waals surface area contributed by atoms with Gasteiger partial charge in [0.25, 0.3) is 0 Å². The fourth-order valence-corrected chi connectivity index (χ4v) is 5.45.